The molecule has 0 aromatic heterocycles. The molecule has 0 aliphatic carbocycles. The third-order valence-electron chi connectivity index (χ3n) is 4.12. The largest absolute Gasteiger partial charge is 0.388 e. The average molecular weight is 305 g/mol. The molecule has 1 unspecified atom stereocenters. The molecule has 1 atom stereocenters. The van der Waals surface area contributed by atoms with Gasteiger partial charge in [-0.15, -0.1) is 0 Å². The Hall–Kier alpha value is -0.943. The zero-order valence-corrected chi connectivity index (χ0v) is 14.2. The third kappa shape index (κ3) is 5.40. The van der Waals surface area contributed by atoms with Crippen molar-refractivity contribution in [2.24, 2.45) is 0 Å². The smallest absolute Gasteiger partial charge is 0.100 e. The lowest BCUT2D eigenvalue weighted by Crippen LogP contribution is -2.39. The Balaban J connectivity index is 1.87. The summed E-state index contributed by atoms with van der Waals surface area (Å²) in [5.41, 5.74) is 1.22. The van der Waals surface area contributed by atoms with E-state index in [9.17, 15) is 0 Å². The topological polar surface area (TPSA) is 21.7 Å². The maximum atomic E-state index is 5.48. The van der Waals surface area contributed by atoms with Crippen molar-refractivity contribution in [1.29, 1.82) is 0 Å². The van der Waals surface area contributed by atoms with Crippen molar-refractivity contribution in [3.63, 3.8) is 0 Å². The molecule has 0 spiro atoms. The van der Waals surface area contributed by atoms with E-state index < -0.39 is 8.80 Å². The molecule has 3 nitrogen and oxygen atoms in total. The number of hydrogen-bond acceptors (Lipinski definition) is 3. The van der Waals surface area contributed by atoms with Gasteiger partial charge in [-0.1, -0.05) is 48.2 Å². The molecule has 0 bridgehead atoms. The first-order valence-electron chi connectivity index (χ1n) is 7.85. The fraction of sp³-hybridized carbons (Fsp3) is 0.529. The fourth-order valence-electron chi connectivity index (χ4n) is 2.87. The van der Waals surface area contributed by atoms with Gasteiger partial charge in [0.25, 0.3) is 0 Å². The van der Waals surface area contributed by atoms with Crippen LogP contribution in [-0.2, 0) is 9.47 Å². The predicted octanol–water partition coefficient (Wildman–Crippen LogP) is 1.67. The van der Waals surface area contributed by atoms with E-state index in [2.05, 4.69) is 35.7 Å². The van der Waals surface area contributed by atoms with Crippen LogP contribution in [0.4, 0.5) is 0 Å². The summed E-state index contributed by atoms with van der Waals surface area (Å²) in [4.78, 5) is 2.52. The highest BCUT2D eigenvalue weighted by atomic mass is 28.3. The Morgan fingerprint density at radius 3 is 2.90 bits per heavy atom. The number of ether oxygens (including phenoxy) is 2. The molecule has 1 aliphatic heterocycles. The van der Waals surface area contributed by atoms with Crippen LogP contribution < -0.4 is 5.19 Å². The van der Waals surface area contributed by atoms with Crippen LogP contribution in [0.2, 0.25) is 6.04 Å². The zero-order chi connectivity index (χ0) is 14.9. The normalized spacial score (nSPS) is 17.6. The van der Waals surface area contributed by atoms with Gasteiger partial charge in [0.05, 0.1) is 13.2 Å². The van der Waals surface area contributed by atoms with Gasteiger partial charge in [-0.05, 0) is 18.5 Å². The lowest BCUT2D eigenvalue weighted by Gasteiger charge is -2.27. The van der Waals surface area contributed by atoms with Crippen LogP contribution in [0.15, 0.2) is 30.8 Å². The van der Waals surface area contributed by atoms with Crippen molar-refractivity contribution < 1.29 is 9.47 Å². The predicted molar refractivity (Wildman–Crippen MR) is 91.9 cm³/mol. The van der Waals surface area contributed by atoms with E-state index in [-0.39, 0.29) is 0 Å². The number of nitrogens with zero attached hydrogens (tertiary/aromatic N) is 1. The molecule has 0 amide bonds. The van der Waals surface area contributed by atoms with Gasteiger partial charge in [-0.3, -0.25) is 4.90 Å². The summed E-state index contributed by atoms with van der Waals surface area (Å²) < 4.78 is 10.9. The van der Waals surface area contributed by atoms with Crippen LogP contribution in [0.5, 0.6) is 0 Å². The second-order valence-electron chi connectivity index (χ2n) is 5.62. The summed E-state index contributed by atoms with van der Waals surface area (Å²) in [6.45, 7) is 9.01. The highest BCUT2D eigenvalue weighted by Gasteiger charge is 2.15. The first-order valence-corrected chi connectivity index (χ1v) is 10.1. The Bertz CT molecular complexity index is 433. The van der Waals surface area contributed by atoms with Crippen LogP contribution in [0.3, 0.4) is 0 Å². The molecule has 1 aliphatic rings. The van der Waals surface area contributed by atoms with Crippen molar-refractivity contribution in [3.05, 3.63) is 36.4 Å². The lowest BCUT2D eigenvalue weighted by atomic mass is 10.2. The summed E-state index contributed by atoms with van der Waals surface area (Å²) in [7, 11) is 0.785. The van der Waals surface area contributed by atoms with Gasteiger partial charge in [0.1, 0.15) is 8.80 Å². The number of benzene rings is 1. The van der Waals surface area contributed by atoms with Crippen LogP contribution in [-0.4, -0.2) is 59.9 Å². The Labute approximate surface area is 130 Å². The highest BCUT2D eigenvalue weighted by molar-refractivity contribution is 6.73. The highest BCUT2D eigenvalue weighted by Crippen LogP contribution is 2.06. The second-order valence-corrected chi connectivity index (χ2v) is 8.59. The van der Waals surface area contributed by atoms with Gasteiger partial charge < -0.3 is 9.47 Å². The molecular formula is C17H27NO2Si. The van der Waals surface area contributed by atoms with Gasteiger partial charge in [-0.25, -0.2) is 0 Å². The van der Waals surface area contributed by atoms with Crippen LogP contribution >= 0.6 is 0 Å². The van der Waals surface area contributed by atoms with Gasteiger partial charge in [0.2, 0.25) is 0 Å². The summed E-state index contributed by atoms with van der Waals surface area (Å²) in [5, 5.41) is 1.50. The van der Waals surface area contributed by atoms with Crippen molar-refractivity contribution in [2.45, 2.75) is 12.5 Å². The Morgan fingerprint density at radius 2 is 2.19 bits per heavy atom. The van der Waals surface area contributed by atoms with E-state index in [1.807, 2.05) is 13.2 Å². The van der Waals surface area contributed by atoms with E-state index in [1.54, 1.807) is 0 Å². The minimum atomic E-state index is -1.03. The third-order valence-corrected chi connectivity index (χ3v) is 7.26. The molecule has 0 radical (unpaired) electrons. The second kappa shape index (κ2) is 9.15. The zero-order valence-electron chi connectivity index (χ0n) is 13.1. The SMILES string of the molecule is C=Cc1cccc([SiH](CCCN2CCOCC2)COC)c1. The molecule has 0 N–H and O–H groups in total. The Morgan fingerprint density at radius 1 is 1.38 bits per heavy atom. The van der Waals surface area contributed by atoms with Gasteiger partial charge in [0.15, 0.2) is 0 Å². The number of hydrogen-bond donors (Lipinski definition) is 0. The molecule has 21 heavy (non-hydrogen) atoms. The van der Waals surface area contributed by atoms with E-state index in [4.69, 9.17) is 9.47 Å². The monoisotopic (exact) mass is 305 g/mol. The summed E-state index contributed by atoms with van der Waals surface area (Å²) in [6.07, 6.45) is 4.11. The maximum absolute atomic E-state index is 5.48. The maximum Gasteiger partial charge on any atom is 0.100 e. The molecule has 1 aromatic rings. The summed E-state index contributed by atoms with van der Waals surface area (Å²) in [6, 6.07) is 10.1. The molecule has 1 saturated heterocycles. The first-order chi connectivity index (χ1) is 10.3. The molecule has 1 fully saturated rings. The molecule has 1 aromatic carbocycles. The van der Waals surface area contributed by atoms with Gasteiger partial charge in [-0.2, -0.15) is 0 Å². The van der Waals surface area contributed by atoms with Crippen LogP contribution in [0.25, 0.3) is 6.08 Å². The van der Waals surface area contributed by atoms with Crippen LogP contribution in [0, 0.1) is 0 Å². The number of rotatable bonds is 8. The van der Waals surface area contributed by atoms with Gasteiger partial charge >= 0.3 is 0 Å². The van der Waals surface area contributed by atoms with E-state index >= 15 is 0 Å². The average Bonchev–Trinajstić information content (AvgIpc) is 2.55. The molecule has 4 heteroatoms. The van der Waals surface area contributed by atoms with Crippen molar-refractivity contribution >= 4 is 20.1 Å². The summed E-state index contributed by atoms with van der Waals surface area (Å²) >= 11 is 0. The van der Waals surface area contributed by atoms with E-state index in [0.717, 1.165) is 32.5 Å². The quantitative estimate of drug-likeness (QED) is 0.682. The molecule has 116 valence electrons. The van der Waals surface area contributed by atoms with Crippen molar-refractivity contribution in [2.75, 3.05) is 46.2 Å². The van der Waals surface area contributed by atoms with E-state index in [0.29, 0.717) is 0 Å². The van der Waals surface area contributed by atoms with E-state index in [1.165, 1.54) is 29.8 Å². The number of morpholine rings is 1. The van der Waals surface area contributed by atoms with Gasteiger partial charge in [0, 0.05) is 26.4 Å². The van der Waals surface area contributed by atoms with Crippen LogP contribution in [0.1, 0.15) is 12.0 Å². The summed E-state index contributed by atoms with van der Waals surface area (Å²) in [5.74, 6) is 0. The molecule has 2 rings (SSSR count). The minimum absolute atomic E-state index is 0.889. The first kappa shape index (κ1) is 16.4. The number of methoxy groups -OCH3 is 1. The molecule has 1 heterocycles. The standard InChI is InChI=1S/C17H27NO2Si/c1-3-16-6-4-7-17(14-16)21(15-19-2)13-5-8-18-9-11-20-12-10-18/h3-4,6-7,14,21H,1,5,8-13,15H2,2H3. The fourth-order valence-corrected chi connectivity index (χ4v) is 5.46. The molecule has 0 saturated carbocycles. The Kier molecular flexibility index (Phi) is 7.16. The van der Waals surface area contributed by atoms with Crippen molar-refractivity contribution in [3.8, 4) is 0 Å². The lowest BCUT2D eigenvalue weighted by molar-refractivity contribution is 0.0379. The molecular weight excluding hydrogens is 278 g/mol. The van der Waals surface area contributed by atoms with Crippen molar-refractivity contribution in [1.82, 2.24) is 4.90 Å². The minimum Gasteiger partial charge on any atom is -0.388 e.